The van der Waals surface area contributed by atoms with Crippen molar-refractivity contribution in [2.24, 2.45) is 0 Å². The number of carbonyl (C=O) groups excluding carboxylic acids is 1. The van der Waals surface area contributed by atoms with Gasteiger partial charge >= 0.3 is 0 Å². The number of benzene rings is 2. The van der Waals surface area contributed by atoms with E-state index < -0.39 is 11.7 Å². The summed E-state index contributed by atoms with van der Waals surface area (Å²) in [5.74, 6) is -0.399. The summed E-state index contributed by atoms with van der Waals surface area (Å²) < 4.78 is 18.4. The van der Waals surface area contributed by atoms with Gasteiger partial charge in [0, 0.05) is 11.4 Å². The lowest BCUT2D eigenvalue weighted by Gasteiger charge is -2.10. The molecule has 2 rings (SSSR count). The molecule has 1 amide bonds. The normalized spacial score (nSPS) is 10.2. The predicted octanol–water partition coefficient (Wildman–Crippen LogP) is 2.98. The van der Waals surface area contributed by atoms with Crippen LogP contribution >= 0.6 is 0 Å². The van der Waals surface area contributed by atoms with Crippen LogP contribution in [-0.4, -0.2) is 13.0 Å². The van der Waals surface area contributed by atoms with Crippen molar-refractivity contribution in [2.45, 2.75) is 6.92 Å². The quantitative estimate of drug-likeness (QED) is 0.846. The van der Waals surface area contributed by atoms with Gasteiger partial charge in [0.1, 0.15) is 11.6 Å². The fourth-order valence-corrected chi connectivity index (χ4v) is 1.91. The third kappa shape index (κ3) is 3.06. The fourth-order valence-electron chi connectivity index (χ4n) is 1.91. The fraction of sp³-hybridized carbons (Fsp3) is 0.133. The van der Waals surface area contributed by atoms with Crippen molar-refractivity contribution >= 4 is 17.3 Å². The van der Waals surface area contributed by atoms with E-state index >= 15 is 0 Å². The molecule has 0 aliphatic rings. The molecule has 0 fully saturated rings. The van der Waals surface area contributed by atoms with E-state index in [0.717, 1.165) is 5.56 Å². The van der Waals surface area contributed by atoms with Crippen LogP contribution in [0.15, 0.2) is 36.4 Å². The Morgan fingerprint density at radius 3 is 2.65 bits per heavy atom. The van der Waals surface area contributed by atoms with E-state index in [1.807, 2.05) is 0 Å². The number of hydrogen-bond acceptors (Lipinski definition) is 3. The number of amides is 1. The van der Waals surface area contributed by atoms with Crippen LogP contribution < -0.4 is 15.8 Å². The SMILES string of the molecule is COc1ccc(N)cc1C(=O)Nc1cc(C)cc(F)c1. The Hall–Kier alpha value is -2.56. The summed E-state index contributed by atoms with van der Waals surface area (Å²) in [7, 11) is 1.47. The average molecular weight is 274 g/mol. The van der Waals surface area contributed by atoms with Gasteiger partial charge in [-0.3, -0.25) is 4.79 Å². The van der Waals surface area contributed by atoms with Gasteiger partial charge in [-0.25, -0.2) is 4.39 Å². The van der Waals surface area contributed by atoms with Gasteiger partial charge in [0.25, 0.3) is 5.91 Å². The molecule has 5 heteroatoms. The summed E-state index contributed by atoms with van der Waals surface area (Å²) in [6, 6.07) is 9.09. The first kappa shape index (κ1) is 13.9. The van der Waals surface area contributed by atoms with Crippen LogP contribution in [0.2, 0.25) is 0 Å². The maximum absolute atomic E-state index is 13.3. The second-order valence-corrected chi connectivity index (χ2v) is 4.43. The van der Waals surface area contributed by atoms with Crippen molar-refractivity contribution in [2.75, 3.05) is 18.2 Å². The topological polar surface area (TPSA) is 64.3 Å². The number of nitrogen functional groups attached to an aromatic ring is 1. The third-order valence-electron chi connectivity index (χ3n) is 2.77. The average Bonchev–Trinajstić information content (AvgIpc) is 2.37. The highest BCUT2D eigenvalue weighted by molar-refractivity contribution is 6.06. The van der Waals surface area contributed by atoms with Crippen LogP contribution in [0.25, 0.3) is 0 Å². The molecule has 0 heterocycles. The lowest BCUT2D eigenvalue weighted by molar-refractivity contribution is 0.102. The van der Waals surface area contributed by atoms with E-state index in [1.165, 1.54) is 25.3 Å². The minimum atomic E-state index is -0.404. The van der Waals surface area contributed by atoms with Crippen LogP contribution in [0.5, 0.6) is 5.75 Å². The number of methoxy groups -OCH3 is 1. The molecular formula is C15H15FN2O2. The van der Waals surface area contributed by atoms with Gasteiger partial charge in [-0.1, -0.05) is 0 Å². The zero-order valence-corrected chi connectivity index (χ0v) is 11.2. The first-order chi connectivity index (χ1) is 9.49. The van der Waals surface area contributed by atoms with Crippen molar-refractivity contribution < 1.29 is 13.9 Å². The molecule has 2 aromatic carbocycles. The molecule has 3 N–H and O–H groups in total. The highest BCUT2D eigenvalue weighted by Crippen LogP contribution is 2.23. The number of aryl methyl sites for hydroxylation is 1. The molecule has 0 aliphatic heterocycles. The van der Waals surface area contributed by atoms with E-state index in [4.69, 9.17) is 10.5 Å². The number of anilines is 2. The number of carbonyl (C=O) groups is 1. The molecule has 0 bridgehead atoms. The number of halogens is 1. The van der Waals surface area contributed by atoms with E-state index in [2.05, 4.69) is 5.32 Å². The van der Waals surface area contributed by atoms with Gasteiger partial charge in [0.2, 0.25) is 0 Å². The Morgan fingerprint density at radius 1 is 1.25 bits per heavy atom. The third-order valence-corrected chi connectivity index (χ3v) is 2.77. The lowest BCUT2D eigenvalue weighted by atomic mass is 10.1. The second-order valence-electron chi connectivity index (χ2n) is 4.43. The summed E-state index contributed by atoms with van der Waals surface area (Å²) >= 11 is 0. The van der Waals surface area contributed by atoms with Crippen molar-refractivity contribution in [1.29, 1.82) is 0 Å². The predicted molar refractivity (Wildman–Crippen MR) is 76.5 cm³/mol. The Morgan fingerprint density at radius 2 is 2.00 bits per heavy atom. The summed E-state index contributed by atoms with van der Waals surface area (Å²) in [5, 5.41) is 2.63. The van der Waals surface area contributed by atoms with Crippen LogP contribution in [0.4, 0.5) is 15.8 Å². The zero-order chi connectivity index (χ0) is 14.7. The Bertz CT molecular complexity index is 636. The van der Waals surface area contributed by atoms with Crippen LogP contribution in [-0.2, 0) is 0 Å². The number of ether oxygens (including phenoxy) is 1. The molecule has 104 valence electrons. The van der Waals surface area contributed by atoms with Crippen LogP contribution in [0.3, 0.4) is 0 Å². The van der Waals surface area contributed by atoms with E-state index in [0.29, 0.717) is 22.7 Å². The molecule has 0 radical (unpaired) electrons. The second kappa shape index (κ2) is 5.61. The summed E-state index contributed by atoms with van der Waals surface area (Å²) in [4.78, 5) is 12.2. The van der Waals surface area contributed by atoms with Crippen molar-refractivity contribution in [3.8, 4) is 5.75 Å². The molecule has 0 atom stereocenters. The first-order valence-corrected chi connectivity index (χ1v) is 6.01. The van der Waals surface area contributed by atoms with E-state index in [9.17, 15) is 9.18 Å². The molecule has 0 spiro atoms. The maximum atomic E-state index is 13.3. The minimum absolute atomic E-state index is 0.300. The molecule has 4 nitrogen and oxygen atoms in total. The highest BCUT2D eigenvalue weighted by atomic mass is 19.1. The van der Waals surface area contributed by atoms with Gasteiger partial charge in [-0.15, -0.1) is 0 Å². The number of rotatable bonds is 3. The van der Waals surface area contributed by atoms with Gasteiger partial charge < -0.3 is 15.8 Å². The zero-order valence-electron chi connectivity index (χ0n) is 11.2. The van der Waals surface area contributed by atoms with Gasteiger partial charge in [-0.05, 0) is 48.9 Å². The number of nitrogens with two attached hydrogens (primary N) is 1. The smallest absolute Gasteiger partial charge is 0.259 e. The minimum Gasteiger partial charge on any atom is -0.496 e. The lowest BCUT2D eigenvalue weighted by Crippen LogP contribution is -2.14. The molecular weight excluding hydrogens is 259 g/mol. The van der Waals surface area contributed by atoms with Crippen molar-refractivity contribution in [3.63, 3.8) is 0 Å². The van der Waals surface area contributed by atoms with Crippen molar-refractivity contribution in [3.05, 3.63) is 53.3 Å². The van der Waals surface area contributed by atoms with Gasteiger partial charge in [0.05, 0.1) is 12.7 Å². The molecule has 2 aromatic rings. The molecule has 0 aromatic heterocycles. The van der Waals surface area contributed by atoms with Crippen LogP contribution in [0.1, 0.15) is 15.9 Å². The molecule has 0 unspecified atom stereocenters. The molecule has 0 saturated heterocycles. The Kier molecular flexibility index (Phi) is 3.89. The standard InChI is InChI=1S/C15H15FN2O2/c1-9-5-10(16)7-12(6-9)18-15(19)13-8-11(17)3-4-14(13)20-2/h3-8H,17H2,1-2H3,(H,18,19). The summed E-state index contributed by atoms with van der Waals surface area (Å²) in [5.41, 5.74) is 7.52. The first-order valence-electron chi connectivity index (χ1n) is 6.01. The number of nitrogens with one attached hydrogen (secondary N) is 1. The van der Waals surface area contributed by atoms with Crippen LogP contribution in [0, 0.1) is 12.7 Å². The van der Waals surface area contributed by atoms with Crippen molar-refractivity contribution in [1.82, 2.24) is 0 Å². The largest absolute Gasteiger partial charge is 0.496 e. The van der Waals surface area contributed by atoms with Gasteiger partial charge in [0.15, 0.2) is 0 Å². The molecule has 0 aliphatic carbocycles. The summed E-state index contributed by atoms with van der Waals surface area (Å²) in [6.45, 7) is 1.75. The maximum Gasteiger partial charge on any atom is 0.259 e. The highest BCUT2D eigenvalue weighted by Gasteiger charge is 2.13. The Labute approximate surface area is 116 Å². The molecule has 0 saturated carbocycles. The number of hydrogen-bond donors (Lipinski definition) is 2. The Balaban J connectivity index is 2.30. The van der Waals surface area contributed by atoms with E-state index in [-0.39, 0.29) is 0 Å². The van der Waals surface area contributed by atoms with Gasteiger partial charge in [-0.2, -0.15) is 0 Å². The summed E-state index contributed by atoms with van der Waals surface area (Å²) in [6.07, 6.45) is 0. The van der Waals surface area contributed by atoms with E-state index in [1.54, 1.807) is 25.1 Å². The molecule has 20 heavy (non-hydrogen) atoms. The monoisotopic (exact) mass is 274 g/mol.